The summed E-state index contributed by atoms with van der Waals surface area (Å²) in [6.45, 7) is 0. The Morgan fingerprint density at radius 2 is 1.82 bits per heavy atom. The molecule has 0 atom stereocenters. The number of benzene rings is 1. The van der Waals surface area contributed by atoms with Crippen LogP contribution in [0.25, 0.3) is 22.4 Å². The Hall–Kier alpha value is -3.26. The summed E-state index contributed by atoms with van der Waals surface area (Å²) >= 11 is 0. The number of hydrogen-bond donors (Lipinski definition) is 1. The first kappa shape index (κ1) is 13.7. The highest BCUT2D eigenvalue weighted by Gasteiger charge is 2.13. The third-order valence-electron chi connectivity index (χ3n) is 3.27. The molecule has 0 bridgehead atoms. The van der Waals surface area contributed by atoms with Crippen LogP contribution in [0.15, 0.2) is 54.9 Å². The molecule has 0 saturated heterocycles. The second kappa shape index (κ2) is 5.62. The third kappa shape index (κ3) is 2.50. The first-order valence-electron chi connectivity index (χ1n) is 6.56. The van der Waals surface area contributed by atoms with Crippen molar-refractivity contribution in [2.45, 2.75) is 0 Å². The molecule has 2 heterocycles. The van der Waals surface area contributed by atoms with Crippen LogP contribution in [0.3, 0.4) is 0 Å². The Labute approximate surface area is 126 Å². The number of anilines is 1. The summed E-state index contributed by atoms with van der Waals surface area (Å²) in [4.78, 5) is 8.18. The van der Waals surface area contributed by atoms with Crippen molar-refractivity contribution in [3.05, 3.63) is 66.2 Å². The Bertz CT molecular complexity index is 870. The molecule has 0 amide bonds. The van der Waals surface area contributed by atoms with Gasteiger partial charge in [-0.3, -0.25) is 4.98 Å². The number of pyridine rings is 2. The van der Waals surface area contributed by atoms with Crippen molar-refractivity contribution in [1.82, 2.24) is 9.97 Å². The molecule has 0 spiro atoms. The summed E-state index contributed by atoms with van der Waals surface area (Å²) in [5, 5.41) is 9.32. The number of aromatic nitrogens is 2. The molecule has 4 nitrogen and oxygen atoms in total. The average Bonchev–Trinajstić information content (AvgIpc) is 2.55. The highest BCUT2D eigenvalue weighted by molar-refractivity contribution is 5.79. The van der Waals surface area contributed by atoms with Gasteiger partial charge in [0.2, 0.25) is 0 Å². The Kier molecular flexibility index (Phi) is 3.50. The summed E-state index contributed by atoms with van der Waals surface area (Å²) in [6, 6.07) is 13.5. The van der Waals surface area contributed by atoms with E-state index in [-0.39, 0.29) is 11.6 Å². The summed E-state index contributed by atoms with van der Waals surface area (Å²) in [5.74, 6) is -0.233. The maximum Gasteiger partial charge on any atom is 0.142 e. The van der Waals surface area contributed by atoms with Crippen molar-refractivity contribution >= 4 is 5.82 Å². The molecule has 3 aromatic rings. The SMILES string of the molecule is N#Cc1c(-c2ccncc2)cc(-c2cccc(F)c2)nc1N. The topological polar surface area (TPSA) is 75.6 Å². The molecule has 0 aliphatic rings. The first-order chi connectivity index (χ1) is 10.7. The molecule has 2 aromatic heterocycles. The molecule has 2 N–H and O–H groups in total. The molecule has 0 saturated carbocycles. The van der Waals surface area contributed by atoms with Crippen LogP contribution >= 0.6 is 0 Å². The molecular formula is C17H11FN4. The predicted octanol–water partition coefficient (Wildman–Crippen LogP) is 3.40. The molecule has 106 valence electrons. The summed E-state index contributed by atoms with van der Waals surface area (Å²) in [7, 11) is 0. The van der Waals surface area contributed by atoms with E-state index in [1.54, 1.807) is 42.7 Å². The lowest BCUT2D eigenvalue weighted by Gasteiger charge is -2.10. The molecule has 0 radical (unpaired) electrons. The van der Waals surface area contributed by atoms with E-state index in [1.165, 1.54) is 12.1 Å². The molecule has 3 rings (SSSR count). The van der Waals surface area contributed by atoms with E-state index in [0.717, 1.165) is 5.56 Å². The Morgan fingerprint density at radius 1 is 1.05 bits per heavy atom. The normalized spacial score (nSPS) is 10.2. The van der Waals surface area contributed by atoms with Crippen LogP contribution in [-0.4, -0.2) is 9.97 Å². The van der Waals surface area contributed by atoms with Crippen LogP contribution in [0, 0.1) is 17.1 Å². The van der Waals surface area contributed by atoms with Crippen LogP contribution in [0.1, 0.15) is 5.56 Å². The first-order valence-corrected chi connectivity index (χ1v) is 6.56. The molecule has 0 fully saturated rings. The Morgan fingerprint density at radius 3 is 2.50 bits per heavy atom. The number of nitrogens with zero attached hydrogens (tertiary/aromatic N) is 3. The van der Waals surface area contributed by atoms with Crippen molar-refractivity contribution in [2.24, 2.45) is 0 Å². The number of halogens is 1. The second-order valence-electron chi connectivity index (χ2n) is 4.67. The van der Waals surface area contributed by atoms with E-state index >= 15 is 0 Å². The average molecular weight is 290 g/mol. The van der Waals surface area contributed by atoms with Crippen LogP contribution in [-0.2, 0) is 0 Å². The highest BCUT2D eigenvalue weighted by atomic mass is 19.1. The highest BCUT2D eigenvalue weighted by Crippen LogP contribution is 2.30. The lowest BCUT2D eigenvalue weighted by molar-refractivity contribution is 0.628. The van der Waals surface area contributed by atoms with Crippen LogP contribution in [0.5, 0.6) is 0 Å². The van der Waals surface area contributed by atoms with Gasteiger partial charge in [-0.05, 0) is 35.9 Å². The van der Waals surface area contributed by atoms with Crippen molar-refractivity contribution in [3.63, 3.8) is 0 Å². The number of nitrogen functional groups attached to an aromatic ring is 1. The number of rotatable bonds is 2. The van der Waals surface area contributed by atoms with E-state index in [0.29, 0.717) is 22.4 Å². The van der Waals surface area contributed by atoms with E-state index in [9.17, 15) is 9.65 Å². The van der Waals surface area contributed by atoms with Gasteiger partial charge >= 0.3 is 0 Å². The van der Waals surface area contributed by atoms with Crippen LogP contribution < -0.4 is 5.73 Å². The minimum atomic E-state index is -0.354. The molecule has 0 unspecified atom stereocenters. The molecule has 0 aliphatic carbocycles. The fourth-order valence-electron chi connectivity index (χ4n) is 2.24. The fraction of sp³-hybridized carbons (Fsp3) is 0. The minimum Gasteiger partial charge on any atom is -0.383 e. The maximum atomic E-state index is 13.4. The predicted molar refractivity (Wildman–Crippen MR) is 82.0 cm³/mol. The number of nitrogens with two attached hydrogens (primary N) is 1. The van der Waals surface area contributed by atoms with E-state index in [4.69, 9.17) is 5.73 Å². The van der Waals surface area contributed by atoms with Gasteiger partial charge in [0.1, 0.15) is 23.3 Å². The van der Waals surface area contributed by atoms with Gasteiger partial charge < -0.3 is 5.73 Å². The van der Waals surface area contributed by atoms with Gasteiger partial charge in [0.15, 0.2) is 0 Å². The molecule has 22 heavy (non-hydrogen) atoms. The van der Waals surface area contributed by atoms with Crippen LogP contribution in [0.4, 0.5) is 10.2 Å². The lowest BCUT2D eigenvalue weighted by Crippen LogP contribution is -2.00. The monoisotopic (exact) mass is 290 g/mol. The van der Waals surface area contributed by atoms with Gasteiger partial charge in [0, 0.05) is 23.5 Å². The second-order valence-corrected chi connectivity index (χ2v) is 4.67. The molecule has 1 aromatic carbocycles. The van der Waals surface area contributed by atoms with Gasteiger partial charge in [-0.2, -0.15) is 5.26 Å². The van der Waals surface area contributed by atoms with Gasteiger partial charge in [-0.1, -0.05) is 12.1 Å². The quantitative estimate of drug-likeness (QED) is 0.784. The standard InChI is InChI=1S/C17H11FN4/c18-13-3-1-2-12(8-13)16-9-14(11-4-6-21-7-5-11)15(10-19)17(20)22-16/h1-9H,(H2,20,22). The van der Waals surface area contributed by atoms with Crippen molar-refractivity contribution in [3.8, 4) is 28.5 Å². The van der Waals surface area contributed by atoms with Crippen molar-refractivity contribution in [1.29, 1.82) is 5.26 Å². The lowest BCUT2D eigenvalue weighted by atomic mass is 9.99. The summed E-state index contributed by atoms with van der Waals surface area (Å²) in [6.07, 6.45) is 3.27. The van der Waals surface area contributed by atoms with Gasteiger partial charge in [-0.15, -0.1) is 0 Å². The maximum absolute atomic E-state index is 13.4. The van der Waals surface area contributed by atoms with Gasteiger partial charge in [0.25, 0.3) is 0 Å². The van der Waals surface area contributed by atoms with Crippen molar-refractivity contribution < 1.29 is 4.39 Å². The third-order valence-corrected chi connectivity index (χ3v) is 3.27. The van der Waals surface area contributed by atoms with E-state index in [1.807, 2.05) is 0 Å². The minimum absolute atomic E-state index is 0.121. The van der Waals surface area contributed by atoms with Crippen LogP contribution in [0.2, 0.25) is 0 Å². The smallest absolute Gasteiger partial charge is 0.142 e. The summed E-state index contributed by atoms with van der Waals surface area (Å²) < 4.78 is 13.4. The molecule has 5 heteroatoms. The Balaban J connectivity index is 2.24. The molecular weight excluding hydrogens is 279 g/mol. The van der Waals surface area contributed by atoms with Gasteiger partial charge in [-0.25, -0.2) is 9.37 Å². The zero-order valence-corrected chi connectivity index (χ0v) is 11.5. The fourth-order valence-corrected chi connectivity index (χ4v) is 2.24. The van der Waals surface area contributed by atoms with E-state index in [2.05, 4.69) is 16.0 Å². The summed E-state index contributed by atoms with van der Waals surface area (Å²) in [5.41, 5.74) is 8.77. The van der Waals surface area contributed by atoms with Gasteiger partial charge in [0.05, 0.1) is 5.69 Å². The molecule has 0 aliphatic heterocycles. The zero-order valence-electron chi connectivity index (χ0n) is 11.5. The van der Waals surface area contributed by atoms with Crippen molar-refractivity contribution in [2.75, 3.05) is 5.73 Å². The zero-order chi connectivity index (χ0) is 15.5. The largest absolute Gasteiger partial charge is 0.383 e. The number of nitriles is 1. The van der Waals surface area contributed by atoms with E-state index < -0.39 is 0 Å². The number of hydrogen-bond acceptors (Lipinski definition) is 4.